The number of pyridine rings is 1. The van der Waals surface area contributed by atoms with E-state index in [2.05, 4.69) is 53.8 Å². The van der Waals surface area contributed by atoms with Gasteiger partial charge in [0.1, 0.15) is 6.04 Å². The number of thioether (sulfide) groups is 1. The van der Waals surface area contributed by atoms with Crippen LogP contribution in [0.3, 0.4) is 0 Å². The lowest BCUT2D eigenvalue weighted by Gasteiger charge is -2.22. The van der Waals surface area contributed by atoms with Gasteiger partial charge in [0.15, 0.2) is 5.16 Å². The first-order chi connectivity index (χ1) is 14.6. The van der Waals surface area contributed by atoms with Gasteiger partial charge in [0.05, 0.1) is 17.2 Å². The molecule has 1 aliphatic carbocycles. The van der Waals surface area contributed by atoms with Crippen molar-refractivity contribution < 1.29 is 4.79 Å². The third-order valence-corrected chi connectivity index (χ3v) is 7.02. The minimum Gasteiger partial charge on any atom is -0.352 e. The van der Waals surface area contributed by atoms with Gasteiger partial charge in [0.2, 0.25) is 5.91 Å². The summed E-state index contributed by atoms with van der Waals surface area (Å²) < 4.78 is 2.10. The van der Waals surface area contributed by atoms with Gasteiger partial charge >= 0.3 is 0 Å². The summed E-state index contributed by atoms with van der Waals surface area (Å²) in [6, 6.07) is 8.51. The second-order valence-electron chi connectivity index (χ2n) is 8.26. The average Bonchev–Trinajstić information content (AvgIpc) is 3.37. The van der Waals surface area contributed by atoms with Crippen LogP contribution in [0.5, 0.6) is 0 Å². The molecule has 1 aromatic carbocycles. The van der Waals surface area contributed by atoms with E-state index in [-0.39, 0.29) is 11.9 Å². The zero-order chi connectivity index (χ0) is 21.1. The quantitative estimate of drug-likeness (QED) is 0.521. The molecule has 1 atom stereocenters. The maximum atomic E-state index is 13.2. The minimum atomic E-state index is -0.277. The van der Waals surface area contributed by atoms with E-state index in [1.165, 1.54) is 29.5 Å². The van der Waals surface area contributed by atoms with Crippen LogP contribution in [0.15, 0.2) is 41.8 Å². The summed E-state index contributed by atoms with van der Waals surface area (Å²) in [5.41, 5.74) is 5.66. The lowest BCUT2D eigenvalue weighted by atomic mass is 10.1. The Labute approximate surface area is 182 Å². The van der Waals surface area contributed by atoms with E-state index in [1.807, 2.05) is 12.3 Å². The second kappa shape index (κ2) is 9.21. The number of carbonyl (C=O) groups excluding carboxylic acids is 1. The van der Waals surface area contributed by atoms with Gasteiger partial charge in [-0.1, -0.05) is 55.3 Å². The molecule has 3 aromatic rings. The summed E-state index contributed by atoms with van der Waals surface area (Å²) in [5, 5.41) is 4.17. The van der Waals surface area contributed by atoms with Crippen molar-refractivity contribution in [3.05, 3.63) is 53.3 Å². The first-order valence-electron chi connectivity index (χ1n) is 10.9. The average molecular weight is 423 g/mol. The fraction of sp³-hybridized carbons (Fsp3) is 0.458. The van der Waals surface area contributed by atoms with E-state index < -0.39 is 0 Å². The highest BCUT2D eigenvalue weighted by molar-refractivity contribution is 7.98. The maximum Gasteiger partial charge on any atom is 0.243 e. The van der Waals surface area contributed by atoms with Crippen LogP contribution in [0.1, 0.15) is 61.8 Å². The number of fused-ring (bicyclic) bond motifs is 1. The Kier molecular flexibility index (Phi) is 6.42. The van der Waals surface area contributed by atoms with E-state index in [0.29, 0.717) is 6.04 Å². The largest absolute Gasteiger partial charge is 0.352 e. The van der Waals surface area contributed by atoms with Crippen LogP contribution in [-0.2, 0) is 10.5 Å². The summed E-state index contributed by atoms with van der Waals surface area (Å²) in [6.07, 6.45) is 8.89. The van der Waals surface area contributed by atoms with Crippen molar-refractivity contribution in [1.29, 1.82) is 0 Å². The minimum absolute atomic E-state index is 0.0983. The molecule has 1 saturated carbocycles. The van der Waals surface area contributed by atoms with Crippen molar-refractivity contribution in [2.24, 2.45) is 0 Å². The van der Waals surface area contributed by atoms with Gasteiger partial charge in [-0.3, -0.25) is 9.78 Å². The number of hydrogen-bond donors (Lipinski definition) is 1. The van der Waals surface area contributed by atoms with E-state index >= 15 is 0 Å². The van der Waals surface area contributed by atoms with Crippen LogP contribution in [0.4, 0.5) is 0 Å². The first-order valence-corrected chi connectivity index (χ1v) is 11.9. The number of hydrogen-bond acceptors (Lipinski definition) is 4. The van der Waals surface area contributed by atoms with Crippen LogP contribution < -0.4 is 5.32 Å². The van der Waals surface area contributed by atoms with Crippen molar-refractivity contribution in [1.82, 2.24) is 19.9 Å². The predicted molar refractivity (Wildman–Crippen MR) is 123 cm³/mol. The molecular weight excluding hydrogens is 392 g/mol. The summed E-state index contributed by atoms with van der Waals surface area (Å²) in [4.78, 5) is 22.4. The molecule has 4 rings (SSSR count). The van der Waals surface area contributed by atoms with Gasteiger partial charge in [0, 0.05) is 18.0 Å². The summed E-state index contributed by atoms with van der Waals surface area (Å²) >= 11 is 1.70. The fourth-order valence-corrected chi connectivity index (χ4v) is 5.40. The van der Waals surface area contributed by atoms with E-state index in [9.17, 15) is 4.79 Å². The van der Waals surface area contributed by atoms with Crippen LogP contribution >= 0.6 is 11.8 Å². The zero-order valence-electron chi connectivity index (χ0n) is 18.0. The molecule has 1 fully saturated rings. The topological polar surface area (TPSA) is 59.8 Å². The molecular formula is C24H30N4OS. The molecule has 1 amide bonds. The third kappa shape index (κ3) is 4.38. The van der Waals surface area contributed by atoms with Crippen molar-refractivity contribution in [2.75, 3.05) is 0 Å². The van der Waals surface area contributed by atoms with Crippen LogP contribution in [0.2, 0.25) is 0 Å². The molecule has 2 heterocycles. The smallest absolute Gasteiger partial charge is 0.243 e. The highest BCUT2D eigenvalue weighted by atomic mass is 32.2. The molecule has 1 aliphatic rings. The van der Waals surface area contributed by atoms with Gasteiger partial charge in [-0.15, -0.1) is 0 Å². The molecule has 2 aromatic heterocycles. The highest BCUT2D eigenvalue weighted by Crippen LogP contribution is 2.32. The fourth-order valence-electron chi connectivity index (χ4n) is 4.27. The summed E-state index contributed by atoms with van der Waals surface area (Å²) in [7, 11) is 0. The number of aromatic nitrogens is 3. The third-order valence-electron chi connectivity index (χ3n) is 6.02. The van der Waals surface area contributed by atoms with Crippen molar-refractivity contribution in [2.45, 2.75) is 75.9 Å². The lowest BCUT2D eigenvalue weighted by molar-refractivity contribution is -0.125. The Morgan fingerprint density at radius 3 is 2.83 bits per heavy atom. The van der Waals surface area contributed by atoms with Gasteiger partial charge in [-0.05, 0) is 50.3 Å². The second-order valence-corrected chi connectivity index (χ2v) is 9.20. The molecule has 5 nitrogen and oxygen atoms in total. The molecule has 0 spiro atoms. The van der Waals surface area contributed by atoms with Crippen molar-refractivity contribution in [3.8, 4) is 0 Å². The number of carbonyl (C=O) groups is 1. The zero-order valence-corrected chi connectivity index (χ0v) is 18.8. The standard InChI is InChI=1S/C24H30N4OS/c1-4-21(23(29)26-19-7-5-6-8-19)28-22-14-25-12-11-20(22)27-24(28)30-15-18-13-16(2)9-10-17(18)3/h9-14,19,21H,4-8,15H2,1-3H3,(H,26,29)/t21-/m0/s1. The van der Waals surface area contributed by atoms with Gasteiger partial charge in [-0.2, -0.15) is 0 Å². The van der Waals surface area contributed by atoms with E-state index in [4.69, 9.17) is 4.98 Å². The number of nitrogens with zero attached hydrogens (tertiary/aromatic N) is 3. The summed E-state index contributed by atoms with van der Waals surface area (Å²) in [6.45, 7) is 6.33. The lowest BCUT2D eigenvalue weighted by Crippen LogP contribution is -2.38. The Bertz CT molecular complexity index is 1040. The molecule has 158 valence electrons. The van der Waals surface area contributed by atoms with Gasteiger partial charge in [-0.25, -0.2) is 4.98 Å². The Hall–Kier alpha value is -2.34. The molecule has 0 aliphatic heterocycles. The number of aryl methyl sites for hydroxylation is 2. The van der Waals surface area contributed by atoms with Crippen molar-refractivity contribution in [3.63, 3.8) is 0 Å². The number of benzene rings is 1. The molecule has 6 heteroatoms. The van der Waals surface area contributed by atoms with Gasteiger partial charge < -0.3 is 9.88 Å². The SMILES string of the molecule is CC[C@@H](C(=O)NC1CCCC1)n1c(SCc2cc(C)ccc2C)nc2ccncc21. The highest BCUT2D eigenvalue weighted by Gasteiger charge is 2.27. The number of rotatable bonds is 7. The molecule has 0 saturated heterocycles. The molecule has 0 radical (unpaired) electrons. The summed E-state index contributed by atoms with van der Waals surface area (Å²) in [5.74, 6) is 0.923. The van der Waals surface area contributed by atoms with Gasteiger partial charge in [0.25, 0.3) is 0 Å². The Morgan fingerprint density at radius 2 is 2.07 bits per heavy atom. The number of nitrogens with one attached hydrogen (secondary N) is 1. The molecule has 0 bridgehead atoms. The van der Waals surface area contributed by atoms with Crippen LogP contribution in [0, 0.1) is 13.8 Å². The van der Waals surface area contributed by atoms with E-state index in [0.717, 1.165) is 41.2 Å². The maximum absolute atomic E-state index is 13.2. The predicted octanol–water partition coefficient (Wildman–Crippen LogP) is 5.35. The number of amides is 1. The van der Waals surface area contributed by atoms with Crippen LogP contribution in [0.25, 0.3) is 11.0 Å². The van der Waals surface area contributed by atoms with Crippen molar-refractivity contribution >= 4 is 28.7 Å². The van der Waals surface area contributed by atoms with E-state index in [1.54, 1.807) is 18.0 Å². The monoisotopic (exact) mass is 422 g/mol. The molecule has 0 unspecified atom stereocenters. The van der Waals surface area contributed by atoms with Crippen LogP contribution in [-0.4, -0.2) is 26.5 Å². The molecule has 30 heavy (non-hydrogen) atoms. The molecule has 1 N–H and O–H groups in total. The number of imidazole rings is 1. The normalized spacial score (nSPS) is 15.6. The Morgan fingerprint density at radius 1 is 1.27 bits per heavy atom. The Balaban J connectivity index is 1.65. The first kappa shape index (κ1) is 20.9.